The zero-order valence-corrected chi connectivity index (χ0v) is 8.79. The molecular formula is C10H17N3O. The van der Waals surface area contributed by atoms with Crippen molar-refractivity contribution in [1.82, 2.24) is 10.2 Å². The Bertz CT molecular complexity index is 260. The number of amides is 1. The van der Waals surface area contributed by atoms with Crippen LogP contribution in [-0.4, -0.2) is 35.9 Å². The Hall–Kier alpha value is -1.32. The maximum Gasteiger partial charge on any atom is 0.218 e. The third kappa shape index (κ3) is 2.58. The second-order valence-corrected chi connectivity index (χ2v) is 3.36. The normalized spacial score (nSPS) is 17.6. The van der Waals surface area contributed by atoms with E-state index in [2.05, 4.69) is 21.8 Å². The number of hydrogen-bond donors (Lipinski definition) is 1. The zero-order chi connectivity index (χ0) is 10.6. The second kappa shape index (κ2) is 4.79. The highest BCUT2D eigenvalue weighted by molar-refractivity contribution is 5.85. The summed E-state index contributed by atoms with van der Waals surface area (Å²) in [7, 11) is 0. The summed E-state index contributed by atoms with van der Waals surface area (Å²) in [6, 6.07) is 0. The summed E-state index contributed by atoms with van der Waals surface area (Å²) >= 11 is 0. The Morgan fingerprint density at radius 2 is 2.57 bits per heavy atom. The third-order valence-electron chi connectivity index (χ3n) is 2.17. The second-order valence-electron chi connectivity index (χ2n) is 3.36. The lowest BCUT2D eigenvalue weighted by molar-refractivity contribution is -0.120. The van der Waals surface area contributed by atoms with Crippen molar-refractivity contribution in [3.63, 3.8) is 0 Å². The van der Waals surface area contributed by atoms with Crippen molar-refractivity contribution in [2.75, 3.05) is 13.1 Å². The highest BCUT2D eigenvalue weighted by Gasteiger charge is 2.21. The molecule has 1 N–H and O–H groups in total. The van der Waals surface area contributed by atoms with Crippen molar-refractivity contribution in [2.45, 2.75) is 26.4 Å². The zero-order valence-electron chi connectivity index (χ0n) is 8.79. The standard InChI is InChI=1S/C10H17N3O/c1-4-5-10-11-6-7-13(10)8(2)12-9(3)14/h4,8H,1,5-7H2,2-3H3,(H,12,14). The lowest BCUT2D eigenvalue weighted by Crippen LogP contribution is -2.47. The molecule has 1 heterocycles. The van der Waals surface area contributed by atoms with Gasteiger partial charge in [0.25, 0.3) is 0 Å². The Labute approximate surface area is 84.7 Å². The fourth-order valence-corrected chi connectivity index (χ4v) is 1.61. The smallest absolute Gasteiger partial charge is 0.218 e. The van der Waals surface area contributed by atoms with Gasteiger partial charge in [0, 0.05) is 19.9 Å². The molecule has 0 bridgehead atoms. The SMILES string of the molecule is C=CCC1=NCCN1C(C)NC(C)=O. The van der Waals surface area contributed by atoms with E-state index in [9.17, 15) is 4.79 Å². The third-order valence-corrected chi connectivity index (χ3v) is 2.17. The minimum atomic E-state index is -0.0117. The van der Waals surface area contributed by atoms with Crippen molar-refractivity contribution in [3.05, 3.63) is 12.7 Å². The highest BCUT2D eigenvalue weighted by atomic mass is 16.1. The van der Waals surface area contributed by atoms with Crippen LogP contribution < -0.4 is 5.32 Å². The molecule has 0 aliphatic carbocycles. The number of nitrogens with one attached hydrogen (secondary N) is 1. The number of rotatable bonds is 4. The number of amidine groups is 1. The lowest BCUT2D eigenvalue weighted by atomic mass is 10.3. The summed E-state index contributed by atoms with van der Waals surface area (Å²) in [5.41, 5.74) is 0. The molecular weight excluding hydrogens is 178 g/mol. The van der Waals surface area contributed by atoms with E-state index in [1.54, 1.807) is 0 Å². The molecule has 4 heteroatoms. The first kappa shape index (κ1) is 10.8. The van der Waals surface area contributed by atoms with Crippen LogP contribution in [0.4, 0.5) is 0 Å². The van der Waals surface area contributed by atoms with E-state index < -0.39 is 0 Å². The van der Waals surface area contributed by atoms with Crippen LogP contribution in [-0.2, 0) is 4.79 Å². The first-order valence-electron chi connectivity index (χ1n) is 4.83. The van der Waals surface area contributed by atoms with E-state index in [-0.39, 0.29) is 12.1 Å². The molecule has 0 radical (unpaired) electrons. The molecule has 1 atom stereocenters. The molecule has 0 fully saturated rings. The molecule has 0 aromatic heterocycles. The van der Waals surface area contributed by atoms with Crippen molar-refractivity contribution >= 4 is 11.7 Å². The molecule has 0 aromatic rings. The van der Waals surface area contributed by atoms with Gasteiger partial charge < -0.3 is 10.2 Å². The number of carbonyl (C=O) groups is 1. The first-order valence-corrected chi connectivity index (χ1v) is 4.83. The average Bonchev–Trinajstić information content (AvgIpc) is 2.51. The maximum atomic E-state index is 10.9. The Morgan fingerprint density at radius 3 is 3.14 bits per heavy atom. The van der Waals surface area contributed by atoms with Crippen LogP contribution in [0.1, 0.15) is 20.3 Å². The van der Waals surface area contributed by atoms with Gasteiger partial charge in [-0.05, 0) is 6.92 Å². The summed E-state index contributed by atoms with van der Waals surface area (Å²) < 4.78 is 0. The molecule has 1 aliphatic rings. The van der Waals surface area contributed by atoms with Gasteiger partial charge in [-0.15, -0.1) is 6.58 Å². The van der Waals surface area contributed by atoms with E-state index in [1.165, 1.54) is 6.92 Å². The molecule has 1 aliphatic heterocycles. The summed E-state index contributed by atoms with van der Waals surface area (Å²) in [6.07, 6.45) is 2.62. The fraction of sp³-hybridized carbons (Fsp3) is 0.600. The molecule has 0 spiro atoms. The van der Waals surface area contributed by atoms with Crippen molar-refractivity contribution < 1.29 is 4.79 Å². The minimum Gasteiger partial charge on any atom is -0.338 e. The highest BCUT2D eigenvalue weighted by Crippen LogP contribution is 2.08. The quantitative estimate of drug-likeness (QED) is 0.673. The van der Waals surface area contributed by atoms with E-state index >= 15 is 0 Å². The van der Waals surface area contributed by atoms with Crippen LogP contribution in [0.25, 0.3) is 0 Å². The van der Waals surface area contributed by atoms with Crippen LogP contribution in [0.5, 0.6) is 0 Å². The molecule has 1 unspecified atom stereocenters. The summed E-state index contributed by atoms with van der Waals surface area (Å²) in [6.45, 7) is 8.86. The van der Waals surface area contributed by atoms with E-state index in [0.29, 0.717) is 0 Å². The number of carbonyl (C=O) groups excluding carboxylic acids is 1. The molecule has 0 saturated heterocycles. The largest absolute Gasteiger partial charge is 0.338 e. The Morgan fingerprint density at radius 1 is 1.86 bits per heavy atom. The van der Waals surface area contributed by atoms with Crippen LogP contribution in [0.2, 0.25) is 0 Å². The van der Waals surface area contributed by atoms with Gasteiger partial charge in [-0.1, -0.05) is 6.08 Å². The average molecular weight is 195 g/mol. The number of aliphatic imine (C=N–C) groups is 1. The van der Waals surface area contributed by atoms with Crippen LogP contribution in [0.15, 0.2) is 17.6 Å². The lowest BCUT2D eigenvalue weighted by Gasteiger charge is -2.27. The van der Waals surface area contributed by atoms with Gasteiger partial charge in [0.1, 0.15) is 5.84 Å². The molecule has 0 saturated carbocycles. The van der Waals surface area contributed by atoms with E-state index in [4.69, 9.17) is 0 Å². The minimum absolute atomic E-state index is 0.0117. The predicted octanol–water partition coefficient (Wildman–Crippen LogP) is 0.759. The fourth-order valence-electron chi connectivity index (χ4n) is 1.61. The Kier molecular flexibility index (Phi) is 3.68. The van der Waals surface area contributed by atoms with Crippen LogP contribution in [0.3, 0.4) is 0 Å². The molecule has 0 aromatic carbocycles. The molecule has 78 valence electrons. The maximum absolute atomic E-state index is 10.9. The van der Waals surface area contributed by atoms with E-state index in [0.717, 1.165) is 25.3 Å². The van der Waals surface area contributed by atoms with Crippen LogP contribution in [0, 0.1) is 0 Å². The van der Waals surface area contributed by atoms with Gasteiger partial charge in [-0.3, -0.25) is 9.79 Å². The molecule has 1 amide bonds. The number of hydrogen-bond acceptors (Lipinski definition) is 3. The van der Waals surface area contributed by atoms with Gasteiger partial charge in [0.05, 0.1) is 12.7 Å². The summed E-state index contributed by atoms with van der Waals surface area (Å²) in [5, 5.41) is 2.84. The Balaban J connectivity index is 2.54. The molecule has 4 nitrogen and oxygen atoms in total. The first-order chi connectivity index (χ1) is 6.65. The van der Waals surface area contributed by atoms with E-state index in [1.807, 2.05) is 13.0 Å². The molecule has 1 rings (SSSR count). The van der Waals surface area contributed by atoms with Gasteiger partial charge in [0.2, 0.25) is 5.91 Å². The monoisotopic (exact) mass is 195 g/mol. The topological polar surface area (TPSA) is 44.7 Å². The number of nitrogens with zero attached hydrogens (tertiary/aromatic N) is 2. The van der Waals surface area contributed by atoms with Crippen molar-refractivity contribution in [1.29, 1.82) is 0 Å². The summed E-state index contributed by atoms with van der Waals surface area (Å²) in [4.78, 5) is 17.3. The van der Waals surface area contributed by atoms with Gasteiger partial charge in [0.15, 0.2) is 0 Å². The predicted molar refractivity (Wildman–Crippen MR) is 57.1 cm³/mol. The summed E-state index contributed by atoms with van der Waals surface area (Å²) in [5.74, 6) is 1.00. The van der Waals surface area contributed by atoms with Crippen molar-refractivity contribution in [2.24, 2.45) is 4.99 Å². The van der Waals surface area contributed by atoms with Gasteiger partial charge in [-0.25, -0.2) is 0 Å². The van der Waals surface area contributed by atoms with Gasteiger partial charge >= 0.3 is 0 Å². The van der Waals surface area contributed by atoms with Gasteiger partial charge in [-0.2, -0.15) is 0 Å². The van der Waals surface area contributed by atoms with Crippen molar-refractivity contribution in [3.8, 4) is 0 Å². The molecule has 14 heavy (non-hydrogen) atoms. The van der Waals surface area contributed by atoms with Crippen LogP contribution >= 0.6 is 0 Å².